The molecule has 0 unspecified atom stereocenters. The maximum atomic E-state index is 13.1. The second-order valence-electron chi connectivity index (χ2n) is 6.90. The molecule has 1 fully saturated rings. The summed E-state index contributed by atoms with van der Waals surface area (Å²) in [5.41, 5.74) is 2.62. The predicted molar refractivity (Wildman–Crippen MR) is 108 cm³/mol. The van der Waals surface area contributed by atoms with Crippen molar-refractivity contribution < 1.29 is 25.6 Å². The largest absolute Gasteiger partial charge is 1.00 e. The molecule has 28 heavy (non-hydrogen) atoms. The number of rotatable bonds is 5. The molecule has 0 radical (unpaired) electrons. The highest BCUT2D eigenvalue weighted by Crippen LogP contribution is 2.27. The molecule has 0 amide bonds. The van der Waals surface area contributed by atoms with Crippen LogP contribution in [0.25, 0.3) is 0 Å². The van der Waals surface area contributed by atoms with Gasteiger partial charge in [0.25, 0.3) is 0 Å². The minimum Gasteiger partial charge on any atom is -1.00 e. The first-order valence-electron chi connectivity index (χ1n) is 8.93. The minimum absolute atomic E-state index is 0. The van der Waals surface area contributed by atoms with Crippen molar-refractivity contribution in [2.75, 3.05) is 33.3 Å². The Bertz CT molecular complexity index is 927. The van der Waals surface area contributed by atoms with E-state index >= 15 is 0 Å². The van der Waals surface area contributed by atoms with E-state index < -0.39 is 10.0 Å². The van der Waals surface area contributed by atoms with Gasteiger partial charge in [-0.25, -0.2) is 8.42 Å². The SMILES string of the molecule is COc1cccc(CN2CCN(S(=O)(=O)c3cc(C)c(Cl)cc3C)CC2)c1.[Cl-]. The van der Waals surface area contributed by atoms with Gasteiger partial charge in [-0.3, -0.25) is 4.90 Å². The lowest BCUT2D eigenvalue weighted by Crippen LogP contribution is -3.00. The van der Waals surface area contributed by atoms with Crippen molar-refractivity contribution in [3.8, 4) is 5.75 Å². The summed E-state index contributed by atoms with van der Waals surface area (Å²) in [5, 5.41) is 0.592. The first-order chi connectivity index (χ1) is 12.8. The average Bonchev–Trinajstić information content (AvgIpc) is 2.65. The lowest BCUT2D eigenvalue weighted by atomic mass is 10.2. The molecule has 1 aliphatic rings. The Morgan fingerprint density at radius 1 is 1.04 bits per heavy atom. The molecule has 0 bridgehead atoms. The maximum absolute atomic E-state index is 13.1. The van der Waals surface area contributed by atoms with Crippen LogP contribution in [-0.4, -0.2) is 50.9 Å². The van der Waals surface area contributed by atoms with Gasteiger partial charge >= 0.3 is 0 Å². The molecule has 1 heterocycles. The van der Waals surface area contributed by atoms with Crippen LogP contribution in [0.1, 0.15) is 16.7 Å². The molecule has 2 aromatic carbocycles. The summed E-state index contributed by atoms with van der Waals surface area (Å²) in [5.74, 6) is 0.835. The van der Waals surface area contributed by atoms with Crippen molar-refractivity contribution in [3.63, 3.8) is 0 Å². The second-order valence-corrected chi connectivity index (χ2v) is 9.21. The van der Waals surface area contributed by atoms with Gasteiger partial charge in [0.15, 0.2) is 0 Å². The number of hydrogen-bond donors (Lipinski definition) is 0. The monoisotopic (exact) mass is 443 g/mol. The molecule has 0 saturated carbocycles. The third-order valence-corrected chi connectivity index (χ3v) is 7.39. The third kappa shape index (κ3) is 4.99. The molecule has 0 spiro atoms. The lowest BCUT2D eigenvalue weighted by molar-refractivity contribution is -0.00000861. The molecule has 8 heteroatoms. The molecule has 5 nitrogen and oxygen atoms in total. The van der Waals surface area contributed by atoms with Crippen molar-refractivity contribution >= 4 is 21.6 Å². The van der Waals surface area contributed by atoms with Crippen LogP contribution < -0.4 is 17.1 Å². The zero-order chi connectivity index (χ0) is 19.6. The summed E-state index contributed by atoms with van der Waals surface area (Å²) in [6, 6.07) is 11.4. The molecule has 0 N–H and O–H groups in total. The van der Waals surface area contributed by atoms with Crippen molar-refractivity contribution in [2.45, 2.75) is 25.3 Å². The predicted octanol–water partition coefficient (Wildman–Crippen LogP) is 0.476. The Morgan fingerprint density at radius 3 is 2.36 bits per heavy atom. The van der Waals surface area contributed by atoms with Crippen LogP contribution in [0.15, 0.2) is 41.3 Å². The van der Waals surface area contributed by atoms with Gasteiger partial charge in [0, 0.05) is 37.7 Å². The van der Waals surface area contributed by atoms with Gasteiger partial charge in [0.1, 0.15) is 5.75 Å². The zero-order valence-electron chi connectivity index (χ0n) is 16.3. The van der Waals surface area contributed by atoms with Crippen molar-refractivity contribution in [3.05, 3.63) is 58.1 Å². The van der Waals surface area contributed by atoms with Gasteiger partial charge in [-0.15, -0.1) is 0 Å². The summed E-state index contributed by atoms with van der Waals surface area (Å²) in [7, 11) is -1.85. The van der Waals surface area contributed by atoms with Gasteiger partial charge in [0.2, 0.25) is 10.0 Å². The van der Waals surface area contributed by atoms with E-state index in [-0.39, 0.29) is 12.4 Å². The highest BCUT2D eigenvalue weighted by molar-refractivity contribution is 7.89. The van der Waals surface area contributed by atoms with Gasteiger partial charge in [-0.05, 0) is 54.8 Å². The fraction of sp³-hybridized carbons (Fsp3) is 0.400. The number of sulfonamides is 1. The van der Waals surface area contributed by atoms with Crippen LogP contribution in [0.5, 0.6) is 5.75 Å². The number of methoxy groups -OCH3 is 1. The van der Waals surface area contributed by atoms with E-state index in [1.165, 1.54) is 0 Å². The standard InChI is InChI=1S/C20H25ClN2O3S.ClH/c1-15-12-20(16(2)11-19(15)21)27(24,25)23-9-7-22(8-10-23)14-17-5-4-6-18(13-17)26-3;/h4-6,11-13H,7-10,14H2,1-3H3;1H/p-1. The topological polar surface area (TPSA) is 49.9 Å². The quantitative estimate of drug-likeness (QED) is 0.673. The average molecular weight is 444 g/mol. The number of nitrogens with zero attached hydrogens (tertiary/aromatic N) is 2. The molecule has 0 atom stereocenters. The highest BCUT2D eigenvalue weighted by Gasteiger charge is 2.30. The summed E-state index contributed by atoms with van der Waals surface area (Å²) in [6.45, 7) is 6.75. The summed E-state index contributed by atoms with van der Waals surface area (Å²) in [6.07, 6.45) is 0. The number of aryl methyl sites for hydroxylation is 2. The normalized spacial score (nSPS) is 15.9. The Kier molecular flexibility index (Phi) is 7.76. The van der Waals surface area contributed by atoms with Gasteiger partial charge in [-0.2, -0.15) is 4.31 Å². The molecule has 0 aromatic heterocycles. The second kappa shape index (κ2) is 9.46. The summed E-state index contributed by atoms with van der Waals surface area (Å²) >= 11 is 6.12. The van der Waals surface area contributed by atoms with Crippen LogP contribution >= 0.6 is 11.6 Å². The van der Waals surface area contributed by atoms with E-state index in [1.807, 2.05) is 25.1 Å². The Morgan fingerprint density at radius 2 is 1.71 bits per heavy atom. The van der Waals surface area contributed by atoms with Crippen molar-refractivity contribution in [1.29, 1.82) is 0 Å². The number of benzene rings is 2. The molecular formula is C20H25Cl2N2O3S-. The number of ether oxygens (including phenoxy) is 1. The van der Waals surface area contributed by atoms with Crippen LogP contribution in [0.3, 0.4) is 0 Å². The Balaban J connectivity index is 0.00000280. The highest BCUT2D eigenvalue weighted by atomic mass is 35.5. The number of halogens is 2. The van der Waals surface area contributed by atoms with Crippen LogP contribution in [0, 0.1) is 13.8 Å². The lowest BCUT2D eigenvalue weighted by Gasteiger charge is -2.34. The van der Waals surface area contributed by atoms with E-state index in [9.17, 15) is 8.42 Å². The minimum atomic E-state index is -3.51. The first kappa shape index (κ1) is 23.0. The smallest absolute Gasteiger partial charge is 0.243 e. The molecule has 154 valence electrons. The maximum Gasteiger partial charge on any atom is 0.243 e. The van der Waals surface area contributed by atoms with E-state index in [4.69, 9.17) is 16.3 Å². The molecule has 1 aliphatic heterocycles. The number of piperazine rings is 1. The molecule has 3 rings (SSSR count). The van der Waals surface area contributed by atoms with Gasteiger partial charge in [-0.1, -0.05) is 23.7 Å². The fourth-order valence-corrected chi connectivity index (χ4v) is 5.26. The van der Waals surface area contributed by atoms with E-state index in [2.05, 4.69) is 11.0 Å². The van der Waals surface area contributed by atoms with E-state index in [0.717, 1.165) is 23.4 Å². The molecule has 2 aromatic rings. The third-order valence-electron chi connectivity index (χ3n) is 4.95. The number of hydrogen-bond acceptors (Lipinski definition) is 4. The molecule has 1 saturated heterocycles. The van der Waals surface area contributed by atoms with Gasteiger partial charge < -0.3 is 17.1 Å². The Labute approximate surface area is 178 Å². The van der Waals surface area contributed by atoms with E-state index in [0.29, 0.717) is 41.7 Å². The molecular weight excluding hydrogens is 419 g/mol. The van der Waals surface area contributed by atoms with Crippen molar-refractivity contribution in [2.24, 2.45) is 0 Å². The first-order valence-corrected chi connectivity index (χ1v) is 10.8. The van der Waals surface area contributed by atoms with Crippen LogP contribution in [0.2, 0.25) is 5.02 Å². The van der Waals surface area contributed by atoms with Crippen LogP contribution in [0.4, 0.5) is 0 Å². The van der Waals surface area contributed by atoms with Gasteiger partial charge in [0.05, 0.1) is 12.0 Å². The zero-order valence-corrected chi connectivity index (χ0v) is 18.6. The fourth-order valence-electron chi connectivity index (χ4n) is 3.33. The summed E-state index contributed by atoms with van der Waals surface area (Å²) < 4.78 is 33.0. The Hall–Kier alpha value is -1.31. The van der Waals surface area contributed by atoms with E-state index in [1.54, 1.807) is 30.5 Å². The van der Waals surface area contributed by atoms with Crippen LogP contribution in [-0.2, 0) is 16.6 Å². The molecule has 0 aliphatic carbocycles. The summed E-state index contributed by atoms with van der Waals surface area (Å²) in [4.78, 5) is 2.62. The van der Waals surface area contributed by atoms with Crippen molar-refractivity contribution in [1.82, 2.24) is 9.21 Å².